The summed E-state index contributed by atoms with van der Waals surface area (Å²) in [4.78, 5) is 29.1. The number of carbonyl (C=O) groups excluding carboxylic acids is 2. The predicted molar refractivity (Wildman–Crippen MR) is 129 cm³/mol. The Morgan fingerprint density at radius 2 is 1.94 bits per heavy atom. The van der Waals surface area contributed by atoms with Crippen molar-refractivity contribution in [1.29, 1.82) is 5.41 Å². The van der Waals surface area contributed by atoms with Crippen molar-refractivity contribution in [3.63, 3.8) is 0 Å². The van der Waals surface area contributed by atoms with Gasteiger partial charge in [-0.05, 0) is 66.7 Å². The summed E-state index contributed by atoms with van der Waals surface area (Å²) >= 11 is 1.28. The van der Waals surface area contributed by atoms with Crippen LogP contribution in [0.1, 0.15) is 36.7 Å². The number of fused-ring (bicyclic) bond motifs is 1. The number of aliphatic imine (C=N–C) groups is 1. The van der Waals surface area contributed by atoms with E-state index in [2.05, 4.69) is 10.1 Å². The molecule has 2 aliphatic rings. The lowest BCUT2D eigenvalue weighted by molar-refractivity contribution is -0.114. The van der Waals surface area contributed by atoms with E-state index < -0.39 is 17.7 Å². The van der Waals surface area contributed by atoms with E-state index >= 15 is 0 Å². The molecule has 2 aromatic rings. The first-order chi connectivity index (χ1) is 16.3. The molecular weight excluding hydrogens is 459 g/mol. The number of benzene rings is 2. The second-order valence-corrected chi connectivity index (χ2v) is 8.64. The summed E-state index contributed by atoms with van der Waals surface area (Å²) in [5.41, 5.74) is 0.822. The van der Waals surface area contributed by atoms with E-state index in [1.165, 1.54) is 53.2 Å². The normalized spacial score (nSPS) is 16.5. The van der Waals surface area contributed by atoms with Crippen molar-refractivity contribution in [2.24, 2.45) is 16.0 Å². The lowest BCUT2D eigenvalue weighted by atomic mass is 10.1. The van der Waals surface area contributed by atoms with Gasteiger partial charge in [0.05, 0.1) is 17.7 Å². The largest absolute Gasteiger partial charge is 0.490 e. The van der Waals surface area contributed by atoms with Gasteiger partial charge in [-0.25, -0.2) is 9.18 Å². The third-order valence-electron chi connectivity index (χ3n) is 4.83. The SMILES string of the molecule is CCOc1cc(C=C2C(=N)N3N=C(C(C)C)SC3=NC2=O)ccc1OC(=O)c1ccc(F)cc1. The van der Waals surface area contributed by atoms with Crippen LogP contribution in [0, 0.1) is 17.1 Å². The van der Waals surface area contributed by atoms with E-state index in [-0.39, 0.29) is 34.4 Å². The van der Waals surface area contributed by atoms with Gasteiger partial charge in [-0.3, -0.25) is 10.2 Å². The number of halogens is 1. The maximum absolute atomic E-state index is 13.1. The second kappa shape index (κ2) is 9.60. The van der Waals surface area contributed by atoms with Crippen molar-refractivity contribution in [2.45, 2.75) is 20.8 Å². The number of hydrogen-bond donors (Lipinski definition) is 1. The van der Waals surface area contributed by atoms with Gasteiger partial charge in [0.25, 0.3) is 5.91 Å². The second-order valence-electron chi connectivity index (χ2n) is 7.65. The van der Waals surface area contributed by atoms with E-state index in [1.54, 1.807) is 19.1 Å². The Balaban J connectivity index is 1.61. The molecule has 34 heavy (non-hydrogen) atoms. The molecular formula is C24H21FN4O4S. The van der Waals surface area contributed by atoms with Crippen LogP contribution in [0.3, 0.4) is 0 Å². The maximum atomic E-state index is 13.1. The van der Waals surface area contributed by atoms with E-state index in [9.17, 15) is 14.0 Å². The van der Waals surface area contributed by atoms with E-state index in [0.29, 0.717) is 17.3 Å². The molecule has 0 aliphatic carbocycles. The summed E-state index contributed by atoms with van der Waals surface area (Å²) in [5, 5.41) is 15.4. The first-order valence-corrected chi connectivity index (χ1v) is 11.3. The van der Waals surface area contributed by atoms with Gasteiger partial charge >= 0.3 is 5.97 Å². The predicted octanol–water partition coefficient (Wildman–Crippen LogP) is 4.72. The van der Waals surface area contributed by atoms with E-state index in [0.717, 1.165) is 5.04 Å². The zero-order valence-electron chi connectivity index (χ0n) is 18.7. The topological polar surface area (TPSA) is 104 Å². The first kappa shape index (κ1) is 23.4. The lowest BCUT2D eigenvalue weighted by Crippen LogP contribution is -2.35. The summed E-state index contributed by atoms with van der Waals surface area (Å²) in [5.74, 6) is -1.12. The molecule has 1 amide bonds. The molecule has 10 heteroatoms. The van der Waals surface area contributed by atoms with Crippen molar-refractivity contribution in [1.82, 2.24) is 5.01 Å². The van der Waals surface area contributed by atoms with Crippen molar-refractivity contribution in [2.75, 3.05) is 6.61 Å². The smallest absolute Gasteiger partial charge is 0.343 e. The van der Waals surface area contributed by atoms with Gasteiger partial charge in [0.2, 0.25) is 5.17 Å². The summed E-state index contributed by atoms with van der Waals surface area (Å²) in [7, 11) is 0. The number of hydrazone groups is 1. The molecule has 0 aromatic heterocycles. The van der Waals surface area contributed by atoms with Crippen LogP contribution >= 0.6 is 11.8 Å². The van der Waals surface area contributed by atoms with Gasteiger partial charge < -0.3 is 9.47 Å². The molecule has 0 saturated heterocycles. The Labute approximate surface area is 199 Å². The average Bonchev–Trinajstić information content (AvgIpc) is 3.23. The number of amides is 1. The molecule has 4 rings (SSSR count). The van der Waals surface area contributed by atoms with Crippen LogP contribution < -0.4 is 9.47 Å². The third-order valence-corrected chi connectivity index (χ3v) is 6.03. The summed E-state index contributed by atoms with van der Waals surface area (Å²) in [6.07, 6.45) is 1.52. The number of rotatable bonds is 6. The highest BCUT2D eigenvalue weighted by Crippen LogP contribution is 2.33. The molecule has 0 unspecified atom stereocenters. The molecule has 0 bridgehead atoms. The van der Waals surface area contributed by atoms with Gasteiger partial charge in [0.1, 0.15) is 10.9 Å². The standard InChI is InChI=1S/C24H21FN4O4S/c1-4-32-19-12-14(5-10-18(19)33-23(31)15-6-8-16(25)9-7-15)11-17-20(26)29-24(27-21(17)30)34-22(28-29)13(2)3/h5-13,26H,4H2,1-3H3. The molecule has 2 heterocycles. The molecule has 2 aliphatic heterocycles. The van der Waals surface area contributed by atoms with Crippen LogP contribution in [0.25, 0.3) is 6.08 Å². The Hall–Kier alpha value is -3.79. The van der Waals surface area contributed by atoms with E-state index in [1.807, 2.05) is 13.8 Å². The van der Waals surface area contributed by atoms with E-state index in [4.69, 9.17) is 14.9 Å². The first-order valence-electron chi connectivity index (χ1n) is 10.5. The van der Waals surface area contributed by atoms with Crippen LogP contribution in [0.5, 0.6) is 11.5 Å². The highest BCUT2D eigenvalue weighted by molar-refractivity contribution is 8.27. The van der Waals surface area contributed by atoms with Crippen LogP contribution in [-0.2, 0) is 4.79 Å². The molecule has 0 saturated carbocycles. The van der Waals surface area contributed by atoms with Crippen molar-refractivity contribution < 1.29 is 23.5 Å². The average molecular weight is 481 g/mol. The number of nitrogens with zero attached hydrogens (tertiary/aromatic N) is 3. The monoisotopic (exact) mass is 480 g/mol. The molecule has 0 spiro atoms. The zero-order chi connectivity index (χ0) is 24.4. The van der Waals surface area contributed by atoms with Crippen molar-refractivity contribution in [3.05, 3.63) is 65.0 Å². The summed E-state index contributed by atoms with van der Waals surface area (Å²) in [6, 6.07) is 9.77. The Morgan fingerprint density at radius 3 is 2.62 bits per heavy atom. The quantitative estimate of drug-likeness (QED) is 0.365. The minimum atomic E-state index is -0.663. The summed E-state index contributed by atoms with van der Waals surface area (Å²) < 4.78 is 24.2. The Kier molecular flexibility index (Phi) is 6.60. The highest BCUT2D eigenvalue weighted by atomic mass is 32.2. The van der Waals surface area contributed by atoms with Gasteiger partial charge in [0, 0.05) is 5.92 Å². The van der Waals surface area contributed by atoms with Gasteiger partial charge in [-0.1, -0.05) is 19.9 Å². The molecule has 0 fully saturated rings. The molecule has 2 aromatic carbocycles. The third kappa shape index (κ3) is 4.76. The number of nitrogens with one attached hydrogen (secondary N) is 1. The summed E-state index contributed by atoms with van der Waals surface area (Å²) in [6.45, 7) is 6.05. The number of esters is 1. The number of thioether (sulfide) groups is 1. The van der Waals surface area contributed by atoms with Gasteiger partial charge in [-0.15, -0.1) is 0 Å². The van der Waals surface area contributed by atoms with Gasteiger partial charge in [0.15, 0.2) is 17.3 Å². The maximum Gasteiger partial charge on any atom is 0.343 e. The highest BCUT2D eigenvalue weighted by Gasteiger charge is 2.36. The lowest BCUT2D eigenvalue weighted by Gasteiger charge is -2.20. The molecule has 0 atom stereocenters. The van der Waals surface area contributed by atoms with Crippen LogP contribution in [0.4, 0.5) is 4.39 Å². The number of ether oxygens (including phenoxy) is 2. The van der Waals surface area contributed by atoms with Gasteiger partial charge in [-0.2, -0.15) is 15.1 Å². The molecule has 0 radical (unpaired) electrons. The Bertz CT molecular complexity index is 1270. The Morgan fingerprint density at radius 1 is 1.21 bits per heavy atom. The zero-order valence-corrected chi connectivity index (χ0v) is 19.5. The number of hydrogen-bond acceptors (Lipinski definition) is 7. The van der Waals surface area contributed by atoms with Crippen LogP contribution in [0.15, 0.2) is 58.1 Å². The molecule has 8 nitrogen and oxygen atoms in total. The number of carbonyl (C=O) groups is 2. The van der Waals surface area contributed by atoms with Crippen molar-refractivity contribution in [3.8, 4) is 11.5 Å². The fourth-order valence-electron chi connectivity index (χ4n) is 3.12. The van der Waals surface area contributed by atoms with Crippen LogP contribution in [0.2, 0.25) is 0 Å². The van der Waals surface area contributed by atoms with Crippen LogP contribution in [-0.4, -0.2) is 39.5 Å². The minimum Gasteiger partial charge on any atom is -0.490 e. The fraction of sp³-hybridized carbons (Fsp3) is 0.208. The molecule has 1 N–H and O–H groups in total. The molecule has 174 valence electrons. The van der Waals surface area contributed by atoms with Crippen molar-refractivity contribution >= 4 is 45.8 Å². The number of amidine groups is 2. The minimum absolute atomic E-state index is 0.0667. The fourth-order valence-corrected chi connectivity index (χ4v) is 4.01.